The molecule has 0 amide bonds. The van der Waals surface area contributed by atoms with Crippen LogP contribution in [0.15, 0.2) is 35.6 Å². The quantitative estimate of drug-likeness (QED) is 0.550. The van der Waals surface area contributed by atoms with E-state index in [1.54, 1.807) is 25.2 Å². The van der Waals surface area contributed by atoms with Gasteiger partial charge in [-0.05, 0) is 25.0 Å². The van der Waals surface area contributed by atoms with Gasteiger partial charge in [-0.2, -0.15) is 0 Å². The van der Waals surface area contributed by atoms with Gasteiger partial charge in [-0.15, -0.1) is 0 Å². The Bertz CT molecular complexity index is 339. The summed E-state index contributed by atoms with van der Waals surface area (Å²) in [5.41, 5.74) is 1.47. The Balaban J connectivity index is 2.73. The maximum atomic E-state index is 11.5. The Morgan fingerprint density at radius 1 is 1.56 bits per heavy atom. The molecule has 0 aromatic rings. The van der Waals surface area contributed by atoms with Crippen LogP contribution >= 0.6 is 0 Å². The molecule has 0 spiro atoms. The normalized spacial score (nSPS) is 21.4. The minimum absolute atomic E-state index is 0.0173. The first kappa shape index (κ1) is 12.7. The summed E-state index contributed by atoms with van der Waals surface area (Å²) in [4.78, 5) is 11.5. The van der Waals surface area contributed by atoms with Gasteiger partial charge in [-0.25, -0.2) is 0 Å². The van der Waals surface area contributed by atoms with E-state index in [9.17, 15) is 4.79 Å². The van der Waals surface area contributed by atoms with Crippen LogP contribution in [0.4, 0.5) is 0 Å². The van der Waals surface area contributed by atoms with Gasteiger partial charge in [-0.1, -0.05) is 17.7 Å². The lowest BCUT2D eigenvalue weighted by atomic mass is 10.0. The summed E-state index contributed by atoms with van der Waals surface area (Å²) in [6.07, 6.45) is 6.81. The molecule has 88 valence electrons. The lowest BCUT2D eigenvalue weighted by Gasteiger charge is -2.07. The number of esters is 1. The monoisotopic (exact) mass is 224 g/mol. The third kappa shape index (κ3) is 3.64. The largest absolute Gasteiger partial charge is 0.434 e. The Kier molecular flexibility index (Phi) is 4.95. The first-order chi connectivity index (χ1) is 7.67. The highest BCUT2D eigenvalue weighted by atomic mass is 16.5. The van der Waals surface area contributed by atoms with Crippen molar-refractivity contribution in [3.05, 3.63) is 35.6 Å². The van der Waals surface area contributed by atoms with Crippen molar-refractivity contribution in [3.63, 3.8) is 0 Å². The third-order valence-electron chi connectivity index (χ3n) is 2.34. The molecule has 0 fully saturated rings. The summed E-state index contributed by atoms with van der Waals surface area (Å²) < 4.78 is 4.84. The van der Waals surface area contributed by atoms with Crippen LogP contribution < -0.4 is 0 Å². The molecular weight excluding hydrogens is 208 g/mol. The minimum atomic E-state index is -0.404. The molecular formula is C12H16O4. The molecule has 0 aromatic heterocycles. The first-order valence-corrected chi connectivity index (χ1v) is 5.12. The van der Waals surface area contributed by atoms with Crippen LogP contribution in [0.5, 0.6) is 0 Å². The lowest BCUT2D eigenvalue weighted by molar-refractivity contribution is -0.140. The molecule has 1 aliphatic rings. The summed E-state index contributed by atoms with van der Waals surface area (Å²) >= 11 is 0. The summed E-state index contributed by atoms with van der Waals surface area (Å²) in [6, 6.07) is 0. The average Bonchev–Trinajstić information content (AvgIpc) is 2.48. The fourth-order valence-electron chi connectivity index (χ4n) is 1.32. The molecule has 2 N–H and O–H groups in total. The fraction of sp³-hybridized carbons (Fsp3) is 0.417. The zero-order valence-electron chi connectivity index (χ0n) is 9.22. The predicted molar refractivity (Wildman–Crippen MR) is 59.4 cm³/mol. The number of hydrogen-bond donors (Lipinski definition) is 2. The van der Waals surface area contributed by atoms with Gasteiger partial charge in [0.1, 0.15) is 0 Å². The number of allylic oxidation sites excluding steroid dienone is 1. The summed E-state index contributed by atoms with van der Waals surface area (Å²) in [7, 11) is 0. The van der Waals surface area contributed by atoms with Crippen molar-refractivity contribution in [3.8, 4) is 0 Å². The average molecular weight is 224 g/mol. The zero-order valence-corrected chi connectivity index (χ0v) is 9.22. The van der Waals surface area contributed by atoms with Crippen LogP contribution in [-0.2, 0) is 9.53 Å². The molecule has 1 atom stereocenters. The number of carbonyl (C=O) groups is 1. The van der Waals surface area contributed by atoms with Gasteiger partial charge in [0.25, 0.3) is 0 Å². The van der Waals surface area contributed by atoms with Crippen molar-refractivity contribution in [2.75, 3.05) is 13.2 Å². The van der Waals surface area contributed by atoms with Crippen molar-refractivity contribution in [2.24, 2.45) is 5.92 Å². The molecule has 16 heavy (non-hydrogen) atoms. The van der Waals surface area contributed by atoms with Gasteiger partial charge in [0.05, 0.1) is 25.4 Å². The SMILES string of the molecule is C/C(=C\C[C@H]1C=C(CO)C=COC1=O)CO. The van der Waals surface area contributed by atoms with E-state index >= 15 is 0 Å². The number of hydrogen-bond acceptors (Lipinski definition) is 4. The topological polar surface area (TPSA) is 66.8 Å². The minimum Gasteiger partial charge on any atom is -0.434 e. The summed E-state index contributed by atoms with van der Waals surface area (Å²) in [6.45, 7) is 1.65. The van der Waals surface area contributed by atoms with Crippen molar-refractivity contribution in [2.45, 2.75) is 13.3 Å². The number of aliphatic hydroxyl groups excluding tert-OH is 2. The van der Waals surface area contributed by atoms with Crippen LogP contribution in [0.1, 0.15) is 13.3 Å². The molecule has 0 saturated heterocycles. The number of aliphatic hydroxyl groups is 2. The van der Waals surface area contributed by atoms with Gasteiger partial charge < -0.3 is 14.9 Å². The van der Waals surface area contributed by atoms with Gasteiger partial charge in [0.15, 0.2) is 0 Å². The van der Waals surface area contributed by atoms with Crippen molar-refractivity contribution < 1.29 is 19.7 Å². The Labute approximate surface area is 94.5 Å². The van der Waals surface area contributed by atoms with E-state index in [0.717, 1.165) is 5.57 Å². The van der Waals surface area contributed by atoms with Gasteiger partial charge >= 0.3 is 5.97 Å². The van der Waals surface area contributed by atoms with Gasteiger partial charge in [-0.3, -0.25) is 4.79 Å². The molecule has 0 radical (unpaired) electrons. The van der Waals surface area contributed by atoms with Gasteiger partial charge in [0.2, 0.25) is 0 Å². The molecule has 4 heteroatoms. The maximum absolute atomic E-state index is 11.5. The van der Waals surface area contributed by atoms with Gasteiger partial charge in [0, 0.05) is 0 Å². The summed E-state index contributed by atoms with van der Waals surface area (Å²) in [5.74, 6) is -0.750. The molecule has 1 rings (SSSR count). The fourth-order valence-corrected chi connectivity index (χ4v) is 1.32. The van der Waals surface area contributed by atoms with E-state index in [4.69, 9.17) is 14.9 Å². The van der Waals surface area contributed by atoms with E-state index in [1.165, 1.54) is 6.26 Å². The highest BCUT2D eigenvalue weighted by molar-refractivity contribution is 5.76. The van der Waals surface area contributed by atoms with E-state index < -0.39 is 5.92 Å². The van der Waals surface area contributed by atoms with E-state index in [0.29, 0.717) is 12.0 Å². The second-order valence-corrected chi connectivity index (χ2v) is 3.69. The second-order valence-electron chi connectivity index (χ2n) is 3.69. The Morgan fingerprint density at radius 3 is 2.94 bits per heavy atom. The molecule has 0 unspecified atom stereocenters. The Morgan fingerprint density at radius 2 is 2.31 bits per heavy atom. The van der Waals surface area contributed by atoms with Crippen LogP contribution in [0, 0.1) is 5.92 Å². The standard InChI is InChI=1S/C12H16O4/c1-9(7-13)2-3-11-6-10(8-14)4-5-16-12(11)15/h2,4-6,11,13-14H,3,7-8H2,1H3/b9-2+/t11-/m0/s1. The highest BCUT2D eigenvalue weighted by Gasteiger charge is 2.18. The number of ether oxygens (including phenoxy) is 1. The molecule has 0 bridgehead atoms. The van der Waals surface area contributed by atoms with Crippen molar-refractivity contribution in [1.82, 2.24) is 0 Å². The maximum Gasteiger partial charge on any atom is 0.317 e. The van der Waals surface area contributed by atoms with Crippen LogP contribution in [0.25, 0.3) is 0 Å². The third-order valence-corrected chi connectivity index (χ3v) is 2.34. The first-order valence-electron chi connectivity index (χ1n) is 5.12. The molecule has 4 nitrogen and oxygen atoms in total. The van der Waals surface area contributed by atoms with Crippen molar-refractivity contribution in [1.29, 1.82) is 0 Å². The van der Waals surface area contributed by atoms with E-state index in [1.807, 2.05) is 0 Å². The number of cyclic esters (lactones) is 1. The van der Waals surface area contributed by atoms with Crippen molar-refractivity contribution >= 4 is 5.97 Å². The smallest absolute Gasteiger partial charge is 0.317 e. The molecule has 1 aliphatic heterocycles. The van der Waals surface area contributed by atoms with Crippen LogP contribution in [0.3, 0.4) is 0 Å². The molecule has 1 heterocycles. The van der Waals surface area contributed by atoms with E-state index in [2.05, 4.69) is 0 Å². The molecule has 0 aromatic carbocycles. The van der Waals surface area contributed by atoms with Crippen LogP contribution in [0.2, 0.25) is 0 Å². The van der Waals surface area contributed by atoms with Crippen LogP contribution in [-0.4, -0.2) is 29.4 Å². The highest BCUT2D eigenvalue weighted by Crippen LogP contribution is 2.16. The molecule has 0 saturated carbocycles. The number of rotatable bonds is 4. The molecule has 0 aliphatic carbocycles. The zero-order chi connectivity index (χ0) is 12.0. The lowest BCUT2D eigenvalue weighted by Crippen LogP contribution is -2.12. The Hall–Kier alpha value is -1.39. The predicted octanol–water partition coefficient (Wildman–Crippen LogP) is 0.921. The second kappa shape index (κ2) is 6.25. The number of carbonyl (C=O) groups excluding carboxylic acids is 1. The summed E-state index contributed by atoms with van der Waals surface area (Å²) in [5, 5.41) is 17.8. The van der Waals surface area contributed by atoms with E-state index in [-0.39, 0.29) is 19.2 Å².